The SMILES string of the molecule is COC(=O)N[C@H]1C[C@@H](n2cnc3c(NCC(c4ccccc4)c4ccccc4)nc(N4CC[C@H](NC(=O)Nc5cccnc5)C4)nc32)[C@H](O)[C@@H]1O. The number of nitrogens with one attached hydrogen (secondary N) is 4. The van der Waals surface area contributed by atoms with E-state index < -0.39 is 30.4 Å². The van der Waals surface area contributed by atoms with E-state index in [0.29, 0.717) is 54.7 Å². The van der Waals surface area contributed by atoms with Crippen LogP contribution < -0.4 is 26.2 Å². The molecule has 6 N–H and O–H groups in total. The van der Waals surface area contributed by atoms with Gasteiger partial charge in [-0.05, 0) is 36.1 Å². The Morgan fingerprint density at radius 3 is 2.39 bits per heavy atom. The molecule has 51 heavy (non-hydrogen) atoms. The summed E-state index contributed by atoms with van der Waals surface area (Å²) in [6.45, 7) is 1.55. The second-order valence-corrected chi connectivity index (χ2v) is 12.7. The molecule has 1 aliphatic heterocycles. The highest BCUT2D eigenvalue weighted by molar-refractivity contribution is 5.89. The van der Waals surface area contributed by atoms with Gasteiger partial charge in [0.05, 0.1) is 37.4 Å². The van der Waals surface area contributed by atoms with Gasteiger partial charge in [-0.1, -0.05) is 60.7 Å². The topological polar surface area (TPSA) is 192 Å². The number of urea groups is 1. The summed E-state index contributed by atoms with van der Waals surface area (Å²) in [5.74, 6) is 0.934. The lowest BCUT2D eigenvalue weighted by atomic mass is 9.91. The summed E-state index contributed by atoms with van der Waals surface area (Å²) in [6, 6.07) is 22.1. The first kappa shape index (κ1) is 33.7. The first-order chi connectivity index (χ1) is 24.9. The molecule has 0 radical (unpaired) electrons. The molecule has 264 valence electrons. The summed E-state index contributed by atoms with van der Waals surface area (Å²) in [5, 5.41) is 34.0. The van der Waals surface area contributed by atoms with E-state index in [9.17, 15) is 19.8 Å². The quantitative estimate of drug-likeness (QED) is 0.126. The van der Waals surface area contributed by atoms with E-state index in [0.717, 1.165) is 11.1 Å². The van der Waals surface area contributed by atoms with Gasteiger partial charge in [-0.15, -0.1) is 0 Å². The zero-order valence-corrected chi connectivity index (χ0v) is 28.0. The maximum absolute atomic E-state index is 12.8. The summed E-state index contributed by atoms with van der Waals surface area (Å²) in [4.78, 5) is 45.4. The van der Waals surface area contributed by atoms with Gasteiger partial charge < -0.3 is 45.7 Å². The number of imidazole rings is 1. The van der Waals surface area contributed by atoms with Crippen molar-refractivity contribution in [3.63, 3.8) is 0 Å². The molecule has 15 nitrogen and oxygen atoms in total. The number of methoxy groups -OCH3 is 1. The number of pyridine rings is 1. The third-order valence-corrected chi connectivity index (χ3v) is 9.51. The minimum atomic E-state index is -1.23. The molecular formula is C36H40N10O5. The lowest BCUT2D eigenvalue weighted by molar-refractivity contribution is 0.0142. The van der Waals surface area contributed by atoms with Gasteiger partial charge in [0, 0.05) is 37.8 Å². The van der Waals surface area contributed by atoms with Crippen LogP contribution in [-0.4, -0.2) is 97.9 Å². The van der Waals surface area contributed by atoms with Crippen LogP contribution in [0.5, 0.6) is 0 Å². The number of alkyl carbamates (subject to hydrolysis) is 1. The van der Waals surface area contributed by atoms with E-state index in [1.54, 1.807) is 35.4 Å². The fraction of sp³-hybridized carbons (Fsp3) is 0.333. The largest absolute Gasteiger partial charge is 0.453 e. The summed E-state index contributed by atoms with van der Waals surface area (Å²) in [7, 11) is 1.24. The monoisotopic (exact) mass is 692 g/mol. The zero-order valence-electron chi connectivity index (χ0n) is 28.0. The minimum Gasteiger partial charge on any atom is -0.453 e. The number of ether oxygens (including phenoxy) is 1. The molecule has 15 heteroatoms. The Morgan fingerprint density at radius 2 is 1.71 bits per heavy atom. The molecule has 3 amide bonds. The van der Waals surface area contributed by atoms with Gasteiger partial charge >= 0.3 is 12.1 Å². The number of nitrogens with zero attached hydrogens (tertiary/aromatic N) is 6. The maximum Gasteiger partial charge on any atom is 0.407 e. The van der Waals surface area contributed by atoms with E-state index in [1.165, 1.54) is 7.11 Å². The normalized spacial score (nSPS) is 21.5. The molecule has 0 unspecified atom stereocenters. The Kier molecular flexibility index (Phi) is 9.90. The average molecular weight is 693 g/mol. The molecule has 4 heterocycles. The molecule has 1 aliphatic carbocycles. The number of hydrogen-bond donors (Lipinski definition) is 6. The highest BCUT2D eigenvalue weighted by Gasteiger charge is 2.44. The van der Waals surface area contributed by atoms with Crippen LogP contribution in [0.25, 0.3) is 11.2 Å². The molecule has 5 aromatic rings. The fourth-order valence-corrected chi connectivity index (χ4v) is 6.90. The molecule has 2 aromatic carbocycles. The van der Waals surface area contributed by atoms with Gasteiger partial charge in [0.15, 0.2) is 17.0 Å². The predicted octanol–water partition coefficient (Wildman–Crippen LogP) is 3.26. The van der Waals surface area contributed by atoms with Crippen molar-refractivity contribution < 1.29 is 24.5 Å². The van der Waals surface area contributed by atoms with Crippen LogP contribution in [0.2, 0.25) is 0 Å². The number of amides is 3. The number of rotatable bonds is 10. The molecular weight excluding hydrogens is 652 g/mol. The molecule has 1 saturated heterocycles. The van der Waals surface area contributed by atoms with E-state index in [-0.39, 0.29) is 24.4 Å². The molecule has 1 saturated carbocycles. The summed E-state index contributed by atoms with van der Waals surface area (Å²) < 4.78 is 6.46. The Bertz CT molecular complexity index is 1910. The van der Waals surface area contributed by atoms with Crippen LogP contribution >= 0.6 is 0 Å². The molecule has 0 bridgehead atoms. The summed E-state index contributed by atoms with van der Waals surface area (Å²) in [6.07, 6.45) is 2.55. The lowest BCUT2D eigenvalue weighted by Gasteiger charge is -2.22. The van der Waals surface area contributed by atoms with Gasteiger partial charge in [-0.25, -0.2) is 14.6 Å². The minimum absolute atomic E-state index is 0.00130. The Hall–Kier alpha value is -5.80. The number of carbonyl (C=O) groups excluding carboxylic acids is 2. The van der Waals surface area contributed by atoms with Crippen molar-refractivity contribution in [2.75, 3.05) is 42.3 Å². The van der Waals surface area contributed by atoms with Crippen LogP contribution in [0.15, 0.2) is 91.5 Å². The van der Waals surface area contributed by atoms with Crippen molar-refractivity contribution in [1.82, 2.24) is 35.1 Å². The molecule has 2 fully saturated rings. The second kappa shape index (κ2) is 15.0. The third-order valence-electron chi connectivity index (χ3n) is 9.51. The highest BCUT2D eigenvalue weighted by atomic mass is 16.5. The Morgan fingerprint density at radius 1 is 0.961 bits per heavy atom. The number of fused-ring (bicyclic) bond motifs is 1. The van der Waals surface area contributed by atoms with Crippen molar-refractivity contribution in [2.45, 2.75) is 49.1 Å². The summed E-state index contributed by atoms with van der Waals surface area (Å²) >= 11 is 0. The van der Waals surface area contributed by atoms with Gasteiger partial charge in [0.25, 0.3) is 0 Å². The molecule has 0 spiro atoms. The van der Waals surface area contributed by atoms with Crippen LogP contribution in [0.4, 0.5) is 27.0 Å². The molecule has 5 atom stereocenters. The Balaban J connectivity index is 1.19. The van der Waals surface area contributed by atoms with Crippen molar-refractivity contribution in [3.05, 3.63) is 103 Å². The number of aromatic nitrogens is 5. The standard InChI is InChI=1S/C36H40N10O5/c1-51-36(50)42-27-17-28(31(48)30(27)47)46-21-39-29-32(38-19-26(22-9-4-2-5-10-22)23-11-6-3-7-12-23)43-34(44-33(29)46)45-16-14-25(20-45)41-35(49)40-24-13-8-15-37-18-24/h2-13,15,18,21,25-28,30-31,47-48H,14,16-17,19-20H2,1H3,(H,42,50)(H,38,43,44)(H2,40,41,49)/t25-,27-,28+,30+,31-/m0/s1. The fourth-order valence-electron chi connectivity index (χ4n) is 6.90. The number of anilines is 3. The average Bonchev–Trinajstić information content (AvgIpc) is 3.87. The Labute approximate surface area is 294 Å². The molecule has 7 rings (SSSR count). The number of benzene rings is 2. The molecule has 3 aromatic heterocycles. The van der Waals surface area contributed by atoms with Crippen LogP contribution in [0.1, 0.15) is 35.9 Å². The molecule has 2 aliphatic rings. The van der Waals surface area contributed by atoms with Gasteiger partial charge in [0.1, 0.15) is 12.2 Å². The number of carbonyl (C=O) groups is 2. The number of aliphatic hydroxyl groups is 2. The van der Waals surface area contributed by atoms with E-state index in [4.69, 9.17) is 19.7 Å². The number of hydrogen-bond acceptors (Lipinski definition) is 11. The van der Waals surface area contributed by atoms with Crippen molar-refractivity contribution in [1.29, 1.82) is 0 Å². The van der Waals surface area contributed by atoms with Gasteiger partial charge in [-0.3, -0.25) is 4.98 Å². The van der Waals surface area contributed by atoms with Crippen LogP contribution in [0, 0.1) is 0 Å². The zero-order chi connectivity index (χ0) is 35.3. The summed E-state index contributed by atoms with van der Waals surface area (Å²) in [5.41, 5.74) is 3.82. The van der Waals surface area contributed by atoms with Gasteiger partial charge in [0.2, 0.25) is 5.95 Å². The van der Waals surface area contributed by atoms with Crippen molar-refractivity contribution >= 4 is 40.7 Å². The van der Waals surface area contributed by atoms with E-state index in [2.05, 4.69) is 50.5 Å². The third kappa shape index (κ3) is 7.39. The lowest BCUT2D eigenvalue weighted by Crippen LogP contribution is -2.43. The first-order valence-corrected chi connectivity index (χ1v) is 16.9. The number of aliphatic hydroxyl groups excluding tert-OH is 2. The van der Waals surface area contributed by atoms with Crippen LogP contribution in [-0.2, 0) is 4.74 Å². The smallest absolute Gasteiger partial charge is 0.407 e. The van der Waals surface area contributed by atoms with E-state index >= 15 is 0 Å². The van der Waals surface area contributed by atoms with E-state index in [1.807, 2.05) is 41.3 Å². The predicted molar refractivity (Wildman–Crippen MR) is 191 cm³/mol. The highest BCUT2D eigenvalue weighted by Crippen LogP contribution is 2.35. The second-order valence-electron chi connectivity index (χ2n) is 12.7. The van der Waals surface area contributed by atoms with Crippen molar-refractivity contribution in [2.24, 2.45) is 0 Å². The van der Waals surface area contributed by atoms with Crippen LogP contribution in [0.3, 0.4) is 0 Å². The first-order valence-electron chi connectivity index (χ1n) is 16.9. The van der Waals surface area contributed by atoms with Gasteiger partial charge in [-0.2, -0.15) is 9.97 Å². The maximum atomic E-state index is 12.8. The van der Waals surface area contributed by atoms with Crippen molar-refractivity contribution in [3.8, 4) is 0 Å².